The second kappa shape index (κ2) is 4.31. The Bertz CT molecular complexity index is 676. The first-order valence-corrected chi connectivity index (χ1v) is 8.13. The molecule has 0 aromatic heterocycles. The minimum atomic E-state index is -0.636. The van der Waals surface area contributed by atoms with Crippen molar-refractivity contribution in [1.82, 2.24) is 9.80 Å². The lowest BCUT2D eigenvalue weighted by molar-refractivity contribution is -0.166. The first-order chi connectivity index (χ1) is 11.5. The zero-order valence-corrected chi connectivity index (χ0v) is 12.6. The number of aliphatic hydroxyl groups excluding tert-OH is 2. The van der Waals surface area contributed by atoms with E-state index in [4.69, 9.17) is 0 Å². The highest BCUT2D eigenvalue weighted by Crippen LogP contribution is 2.68. The minimum absolute atomic E-state index is 0.144. The van der Waals surface area contributed by atoms with Gasteiger partial charge >= 0.3 is 0 Å². The number of hydrogen-bond donors (Lipinski definition) is 2. The SMILES string of the molecule is O=C1[C@@H]2[C@@H]3C=C[C@@H]([C@H]2C(=O)N1CO)[C@H]1[C@H]2C(=O)N(CO)C(=O)[C@@H]2[C@H]31. The zero-order valence-electron chi connectivity index (χ0n) is 12.6. The van der Waals surface area contributed by atoms with Crippen molar-refractivity contribution in [3.8, 4) is 0 Å². The van der Waals surface area contributed by atoms with E-state index < -0.39 is 37.1 Å². The average molecular weight is 332 g/mol. The lowest BCUT2D eigenvalue weighted by Crippen LogP contribution is -2.63. The number of nitrogens with zero attached hydrogens (tertiary/aromatic N) is 2. The first kappa shape index (κ1) is 14.3. The molecule has 126 valence electrons. The molecule has 6 rings (SSSR count). The highest BCUT2D eigenvalue weighted by atomic mass is 16.3. The van der Waals surface area contributed by atoms with Gasteiger partial charge in [-0.2, -0.15) is 0 Å². The van der Waals surface area contributed by atoms with Crippen LogP contribution in [0.15, 0.2) is 12.2 Å². The molecule has 4 aliphatic carbocycles. The summed E-state index contributed by atoms with van der Waals surface area (Å²) in [6.45, 7) is -1.27. The van der Waals surface area contributed by atoms with Crippen molar-refractivity contribution in [3.63, 3.8) is 0 Å². The van der Waals surface area contributed by atoms with E-state index in [1.54, 1.807) is 0 Å². The van der Waals surface area contributed by atoms with Crippen molar-refractivity contribution in [2.24, 2.45) is 47.3 Å². The molecular weight excluding hydrogens is 316 g/mol. The second-order valence-electron chi connectivity index (χ2n) is 7.29. The number of aliphatic hydroxyl groups is 2. The fourth-order valence-electron chi connectivity index (χ4n) is 6.00. The molecule has 2 heterocycles. The predicted octanol–water partition coefficient (Wildman–Crippen LogP) is -1.85. The van der Waals surface area contributed by atoms with Gasteiger partial charge in [0.2, 0.25) is 23.6 Å². The molecule has 0 unspecified atom stereocenters. The maximum atomic E-state index is 12.5. The van der Waals surface area contributed by atoms with E-state index in [1.807, 2.05) is 12.2 Å². The summed E-state index contributed by atoms with van der Waals surface area (Å²) in [5.74, 6) is -4.44. The third-order valence-electron chi connectivity index (χ3n) is 6.81. The predicted molar refractivity (Wildman–Crippen MR) is 74.9 cm³/mol. The van der Waals surface area contributed by atoms with Crippen LogP contribution in [-0.2, 0) is 19.2 Å². The van der Waals surface area contributed by atoms with E-state index in [0.717, 1.165) is 9.80 Å². The Morgan fingerprint density at radius 1 is 0.667 bits per heavy atom. The number of carbonyl (C=O) groups is 4. The summed E-state index contributed by atoms with van der Waals surface area (Å²) in [7, 11) is 0. The molecule has 8 nitrogen and oxygen atoms in total. The van der Waals surface area contributed by atoms with Crippen molar-refractivity contribution in [2.45, 2.75) is 0 Å². The van der Waals surface area contributed by atoms with E-state index in [0.29, 0.717) is 0 Å². The summed E-state index contributed by atoms with van der Waals surface area (Å²) < 4.78 is 0. The van der Waals surface area contributed by atoms with Crippen molar-refractivity contribution >= 4 is 23.6 Å². The topological polar surface area (TPSA) is 115 Å². The van der Waals surface area contributed by atoms with E-state index >= 15 is 0 Å². The van der Waals surface area contributed by atoms with Gasteiger partial charge in [-0.3, -0.25) is 29.0 Å². The minimum Gasteiger partial charge on any atom is -0.376 e. The van der Waals surface area contributed by atoms with Gasteiger partial charge in [-0.1, -0.05) is 12.2 Å². The molecule has 0 spiro atoms. The molecule has 2 saturated carbocycles. The van der Waals surface area contributed by atoms with Crippen molar-refractivity contribution in [1.29, 1.82) is 0 Å². The molecule has 2 saturated heterocycles. The van der Waals surface area contributed by atoms with Crippen molar-refractivity contribution in [3.05, 3.63) is 12.2 Å². The van der Waals surface area contributed by atoms with Crippen LogP contribution in [0, 0.1) is 47.3 Å². The van der Waals surface area contributed by atoms with E-state index in [9.17, 15) is 29.4 Å². The molecule has 2 bridgehead atoms. The van der Waals surface area contributed by atoms with Crippen molar-refractivity contribution < 1.29 is 29.4 Å². The summed E-state index contributed by atoms with van der Waals surface area (Å²) in [5, 5.41) is 18.6. The molecule has 8 atom stereocenters. The molecule has 0 radical (unpaired) electrons. The average Bonchev–Trinajstić information content (AvgIpc) is 2.91. The van der Waals surface area contributed by atoms with Gasteiger partial charge < -0.3 is 10.2 Å². The molecule has 2 N–H and O–H groups in total. The number of amides is 4. The van der Waals surface area contributed by atoms with Gasteiger partial charge in [-0.25, -0.2) is 0 Å². The summed E-state index contributed by atoms with van der Waals surface area (Å²) in [6.07, 6.45) is 3.79. The number of hydrogen-bond acceptors (Lipinski definition) is 6. The quantitative estimate of drug-likeness (QED) is 0.453. The maximum absolute atomic E-state index is 12.5. The number of imide groups is 2. The number of likely N-dealkylation sites (tertiary alicyclic amines) is 2. The van der Waals surface area contributed by atoms with E-state index in [-0.39, 0.29) is 47.3 Å². The van der Waals surface area contributed by atoms with Crippen LogP contribution < -0.4 is 0 Å². The maximum Gasteiger partial charge on any atom is 0.235 e. The van der Waals surface area contributed by atoms with Gasteiger partial charge in [0.25, 0.3) is 0 Å². The van der Waals surface area contributed by atoms with Crippen LogP contribution in [0.4, 0.5) is 0 Å². The zero-order chi connectivity index (χ0) is 16.9. The van der Waals surface area contributed by atoms with E-state index in [2.05, 4.69) is 0 Å². The number of rotatable bonds is 2. The van der Waals surface area contributed by atoms with Gasteiger partial charge in [0.15, 0.2) is 0 Å². The molecule has 24 heavy (non-hydrogen) atoms. The number of carbonyl (C=O) groups excluding carboxylic acids is 4. The van der Waals surface area contributed by atoms with Gasteiger partial charge in [-0.05, 0) is 23.7 Å². The normalized spacial score (nSPS) is 47.9. The Morgan fingerprint density at radius 3 is 1.33 bits per heavy atom. The smallest absolute Gasteiger partial charge is 0.235 e. The number of fused-ring (bicyclic) bond motifs is 1. The highest BCUT2D eigenvalue weighted by Gasteiger charge is 2.74. The fraction of sp³-hybridized carbons (Fsp3) is 0.625. The van der Waals surface area contributed by atoms with Gasteiger partial charge in [-0.15, -0.1) is 0 Å². The number of allylic oxidation sites excluding steroid dienone is 2. The third-order valence-corrected chi connectivity index (χ3v) is 6.81. The fourth-order valence-corrected chi connectivity index (χ4v) is 6.00. The van der Waals surface area contributed by atoms with Gasteiger partial charge in [0.1, 0.15) is 13.5 Å². The lowest BCUT2D eigenvalue weighted by atomic mass is 9.40. The Labute approximate surface area is 136 Å². The first-order valence-electron chi connectivity index (χ1n) is 8.13. The monoisotopic (exact) mass is 332 g/mol. The van der Waals surface area contributed by atoms with Gasteiger partial charge in [0.05, 0.1) is 23.7 Å². The summed E-state index contributed by atoms with van der Waals surface area (Å²) in [5.41, 5.74) is 0. The Hall–Kier alpha value is -2.06. The second-order valence-corrected chi connectivity index (χ2v) is 7.29. The largest absolute Gasteiger partial charge is 0.376 e. The summed E-state index contributed by atoms with van der Waals surface area (Å²) in [6, 6.07) is 0. The third kappa shape index (κ3) is 1.27. The highest BCUT2D eigenvalue weighted by molar-refractivity contribution is 6.09. The Balaban J connectivity index is 1.57. The summed E-state index contributed by atoms with van der Waals surface area (Å²) in [4.78, 5) is 51.6. The molecule has 4 fully saturated rings. The van der Waals surface area contributed by atoms with E-state index in [1.165, 1.54) is 0 Å². The molecule has 4 amide bonds. The lowest BCUT2D eigenvalue weighted by Gasteiger charge is -2.60. The van der Waals surface area contributed by atoms with Crippen LogP contribution in [0.2, 0.25) is 0 Å². The Kier molecular flexibility index (Phi) is 2.57. The van der Waals surface area contributed by atoms with Crippen LogP contribution in [0.25, 0.3) is 0 Å². The van der Waals surface area contributed by atoms with Crippen molar-refractivity contribution in [2.75, 3.05) is 13.5 Å². The Morgan fingerprint density at radius 2 is 1.00 bits per heavy atom. The molecule has 0 aromatic rings. The molecule has 2 aliphatic heterocycles. The van der Waals surface area contributed by atoms with Crippen LogP contribution in [0.3, 0.4) is 0 Å². The molecule has 8 heteroatoms. The van der Waals surface area contributed by atoms with Crippen LogP contribution in [0.5, 0.6) is 0 Å². The molecule has 6 aliphatic rings. The van der Waals surface area contributed by atoms with Crippen LogP contribution in [0.1, 0.15) is 0 Å². The molecule has 0 aromatic carbocycles. The van der Waals surface area contributed by atoms with Gasteiger partial charge in [0, 0.05) is 0 Å². The van der Waals surface area contributed by atoms with Crippen LogP contribution in [-0.4, -0.2) is 57.1 Å². The van der Waals surface area contributed by atoms with Crippen LogP contribution >= 0.6 is 0 Å². The molecular formula is C16H16N2O6. The summed E-state index contributed by atoms with van der Waals surface area (Å²) >= 11 is 0. The standard InChI is InChI=1S/C16H16N2O6/c19-3-17-13(21)9-5-1-2-6(10(9)14(17)22)8-7(5)11-12(8)16(24)18(4-20)15(11)23/h1-2,5-12,19-20H,3-4H2/t5-,6-,7-,8-,9-,10-,11-,12-/m1/s1.